The highest BCUT2D eigenvalue weighted by atomic mass is 35.5. The molecule has 2 rings (SSSR count). The zero-order valence-electron chi connectivity index (χ0n) is 9.06. The number of carbonyl (C=O) groups excluding carboxylic acids is 1. The number of nitrogens with zero attached hydrogens (tertiary/aromatic N) is 1. The lowest BCUT2D eigenvalue weighted by Crippen LogP contribution is -2.46. The number of carbonyl (C=O) groups is 1. The van der Waals surface area contributed by atoms with Gasteiger partial charge in [0, 0.05) is 26.2 Å². The van der Waals surface area contributed by atoms with Gasteiger partial charge >= 0.3 is 0 Å². The number of hydrogen-bond acceptors (Lipinski definition) is 4. The van der Waals surface area contributed by atoms with Crippen molar-refractivity contribution in [3.8, 4) is 0 Å². The van der Waals surface area contributed by atoms with Gasteiger partial charge in [-0.3, -0.25) is 4.79 Å². The van der Waals surface area contributed by atoms with Crippen molar-refractivity contribution < 1.29 is 9.21 Å². The van der Waals surface area contributed by atoms with Crippen molar-refractivity contribution >= 4 is 30.1 Å². The fourth-order valence-corrected chi connectivity index (χ4v) is 1.95. The summed E-state index contributed by atoms with van der Waals surface area (Å²) in [5, 5.41) is 3.99. The van der Waals surface area contributed by atoms with E-state index in [1.165, 1.54) is 11.8 Å². The molecule has 6 heteroatoms. The van der Waals surface area contributed by atoms with Gasteiger partial charge in [0.1, 0.15) is 0 Å². The van der Waals surface area contributed by atoms with Gasteiger partial charge in [-0.15, -0.1) is 12.4 Å². The van der Waals surface area contributed by atoms with Gasteiger partial charge in [0.2, 0.25) is 0 Å². The first-order valence-electron chi connectivity index (χ1n) is 4.95. The predicted octanol–water partition coefficient (Wildman–Crippen LogP) is 1.47. The maximum atomic E-state index is 11.9. The van der Waals surface area contributed by atoms with Crippen molar-refractivity contribution in [1.82, 2.24) is 10.2 Å². The van der Waals surface area contributed by atoms with E-state index >= 15 is 0 Å². The van der Waals surface area contributed by atoms with Crippen LogP contribution in [0.5, 0.6) is 0 Å². The molecule has 1 aliphatic rings. The highest BCUT2D eigenvalue weighted by molar-refractivity contribution is 7.98. The molecular weight excluding hydrogens is 248 g/mol. The van der Waals surface area contributed by atoms with E-state index in [0.717, 1.165) is 31.3 Å². The molecule has 1 aromatic heterocycles. The maximum Gasteiger partial charge on any atom is 0.289 e. The Kier molecular flexibility index (Phi) is 5.18. The van der Waals surface area contributed by atoms with E-state index in [0.29, 0.717) is 5.76 Å². The topological polar surface area (TPSA) is 45.5 Å². The molecule has 0 spiro atoms. The van der Waals surface area contributed by atoms with Gasteiger partial charge in [-0.05, 0) is 18.4 Å². The van der Waals surface area contributed by atoms with Gasteiger partial charge in [-0.2, -0.15) is 0 Å². The number of piperazine rings is 1. The van der Waals surface area contributed by atoms with Crippen LogP contribution in [0.4, 0.5) is 0 Å². The van der Waals surface area contributed by atoms with Crippen LogP contribution in [0, 0.1) is 0 Å². The van der Waals surface area contributed by atoms with Gasteiger partial charge in [0.25, 0.3) is 5.91 Å². The lowest BCUT2D eigenvalue weighted by molar-refractivity contribution is 0.0698. The van der Waals surface area contributed by atoms with E-state index in [2.05, 4.69) is 5.32 Å². The minimum atomic E-state index is -0.00296. The molecule has 4 nitrogen and oxygen atoms in total. The molecule has 2 heterocycles. The molecule has 0 bridgehead atoms. The summed E-state index contributed by atoms with van der Waals surface area (Å²) in [6, 6.07) is 3.58. The largest absolute Gasteiger partial charge is 0.445 e. The summed E-state index contributed by atoms with van der Waals surface area (Å²) in [6.45, 7) is 3.24. The van der Waals surface area contributed by atoms with Crippen molar-refractivity contribution in [2.45, 2.75) is 5.09 Å². The highest BCUT2D eigenvalue weighted by Gasteiger charge is 2.20. The molecule has 0 saturated carbocycles. The van der Waals surface area contributed by atoms with Gasteiger partial charge in [-0.25, -0.2) is 0 Å². The van der Waals surface area contributed by atoms with Crippen molar-refractivity contribution in [3.05, 3.63) is 17.9 Å². The lowest BCUT2D eigenvalue weighted by Gasteiger charge is -2.26. The van der Waals surface area contributed by atoms with Crippen LogP contribution in [-0.2, 0) is 0 Å². The normalized spacial score (nSPS) is 15.7. The molecule has 0 radical (unpaired) electrons. The number of halogens is 1. The molecule has 1 aliphatic heterocycles. The third-order valence-electron chi connectivity index (χ3n) is 2.40. The van der Waals surface area contributed by atoms with E-state index in [-0.39, 0.29) is 18.3 Å². The van der Waals surface area contributed by atoms with Crippen molar-refractivity contribution in [2.24, 2.45) is 0 Å². The zero-order chi connectivity index (χ0) is 10.7. The average molecular weight is 263 g/mol. The van der Waals surface area contributed by atoms with Crippen LogP contribution < -0.4 is 5.32 Å². The van der Waals surface area contributed by atoms with Crippen molar-refractivity contribution in [3.63, 3.8) is 0 Å². The molecule has 1 aromatic rings. The Bertz CT molecular complexity index is 350. The quantitative estimate of drug-likeness (QED) is 0.820. The first-order chi connectivity index (χ1) is 7.31. The number of furan rings is 1. The second-order valence-electron chi connectivity index (χ2n) is 3.37. The molecule has 1 fully saturated rings. The molecule has 0 aliphatic carbocycles. The number of rotatable bonds is 2. The third kappa shape index (κ3) is 2.93. The second-order valence-corrected chi connectivity index (χ2v) is 4.18. The lowest BCUT2D eigenvalue weighted by atomic mass is 10.3. The Hall–Kier alpha value is -0.650. The smallest absolute Gasteiger partial charge is 0.289 e. The van der Waals surface area contributed by atoms with Crippen LogP contribution >= 0.6 is 24.2 Å². The Morgan fingerprint density at radius 1 is 1.44 bits per heavy atom. The summed E-state index contributed by atoms with van der Waals surface area (Å²) >= 11 is 1.50. The summed E-state index contributed by atoms with van der Waals surface area (Å²) in [5.74, 6) is 0.443. The highest BCUT2D eigenvalue weighted by Crippen LogP contribution is 2.19. The van der Waals surface area contributed by atoms with Crippen LogP contribution in [-0.4, -0.2) is 43.2 Å². The van der Waals surface area contributed by atoms with Crippen LogP contribution in [0.2, 0.25) is 0 Å². The fourth-order valence-electron chi connectivity index (χ4n) is 1.57. The fraction of sp³-hybridized carbons (Fsp3) is 0.500. The van der Waals surface area contributed by atoms with Gasteiger partial charge < -0.3 is 14.6 Å². The van der Waals surface area contributed by atoms with Gasteiger partial charge in [-0.1, -0.05) is 11.8 Å². The van der Waals surface area contributed by atoms with E-state index in [1.54, 1.807) is 6.07 Å². The third-order valence-corrected chi connectivity index (χ3v) is 3.02. The minimum absolute atomic E-state index is 0. The summed E-state index contributed by atoms with van der Waals surface area (Å²) in [5.41, 5.74) is 0. The Labute approximate surface area is 105 Å². The number of nitrogens with one attached hydrogen (secondary N) is 1. The predicted molar refractivity (Wildman–Crippen MR) is 66.5 cm³/mol. The monoisotopic (exact) mass is 262 g/mol. The molecule has 1 N–H and O–H groups in total. The summed E-state index contributed by atoms with van der Waals surface area (Å²) in [6.07, 6.45) is 1.93. The number of amides is 1. The van der Waals surface area contributed by atoms with E-state index in [4.69, 9.17) is 4.42 Å². The van der Waals surface area contributed by atoms with Gasteiger partial charge in [0.15, 0.2) is 10.9 Å². The van der Waals surface area contributed by atoms with Crippen LogP contribution in [0.25, 0.3) is 0 Å². The van der Waals surface area contributed by atoms with Crippen molar-refractivity contribution in [1.29, 1.82) is 0 Å². The second kappa shape index (κ2) is 6.18. The number of thioether (sulfide) groups is 1. The Balaban J connectivity index is 0.00000128. The zero-order valence-corrected chi connectivity index (χ0v) is 10.7. The summed E-state index contributed by atoms with van der Waals surface area (Å²) in [7, 11) is 0. The van der Waals surface area contributed by atoms with E-state index < -0.39 is 0 Å². The molecule has 90 valence electrons. The maximum absolute atomic E-state index is 11.9. The van der Waals surface area contributed by atoms with E-state index in [1.807, 2.05) is 17.2 Å². The summed E-state index contributed by atoms with van der Waals surface area (Å²) in [4.78, 5) is 13.7. The molecule has 16 heavy (non-hydrogen) atoms. The molecule has 0 aromatic carbocycles. The van der Waals surface area contributed by atoms with Crippen LogP contribution in [0.1, 0.15) is 10.6 Å². The van der Waals surface area contributed by atoms with Crippen LogP contribution in [0.3, 0.4) is 0 Å². The standard InChI is InChI=1S/C10H14N2O2S.ClH/c1-15-9-3-2-8(14-9)10(13)12-6-4-11-5-7-12;/h2-3,11H,4-7H2,1H3;1H. The first-order valence-corrected chi connectivity index (χ1v) is 6.17. The average Bonchev–Trinajstić information content (AvgIpc) is 2.78. The SMILES string of the molecule is CSc1ccc(C(=O)N2CCNCC2)o1.Cl. The molecule has 0 unspecified atom stereocenters. The summed E-state index contributed by atoms with van der Waals surface area (Å²) < 4.78 is 5.40. The molecule has 0 atom stereocenters. The molecule has 1 saturated heterocycles. The Morgan fingerprint density at radius 3 is 2.69 bits per heavy atom. The number of hydrogen-bond donors (Lipinski definition) is 1. The van der Waals surface area contributed by atoms with E-state index in [9.17, 15) is 4.79 Å². The Morgan fingerprint density at radius 2 is 2.12 bits per heavy atom. The first kappa shape index (κ1) is 13.4. The molecular formula is C10H15ClN2O2S. The van der Waals surface area contributed by atoms with Crippen LogP contribution in [0.15, 0.2) is 21.6 Å². The minimum Gasteiger partial charge on any atom is -0.445 e. The van der Waals surface area contributed by atoms with Gasteiger partial charge in [0.05, 0.1) is 0 Å². The molecule has 1 amide bonds. The van der Waals surface area contributed by atoms with Crippen molar-refractivity contribution in [2.75, 3.05) is 32.4 Å².